The molecule has 1 atom stereocenters. The molecule has 1 aromatic heterocycles. The second-order valence-electron chi connectivity index (χ2n) is 4.50. The van der Waals surface area contributed by atoms with Crippen LogP contribution in [0.15, 0.2) is 48.7 Å². The lowest BCUT2D eigenvalue weighted by Crippen LogP contribution is -2.17. The van der Waals surface area contributed by atoms with Gasteiger partial charge in [-0.25, -0.2) is 0 Å². The molecule has 0 bridgehead atoms. The summed E-state index contributed by atoms with van der Waals surface area (Å²) in [7, 11) is 0. The van der Waals surface area contributed by atoms with Gasteiger partial charge in [-0.3, -0.25) is 4.98 Å². The largest absolute Gasteiger partial charge is 0.328 e. The van der Waals surface area contributed by atoms with E-state index in [9.17, 15) is 0 Å². The SMILES string of the molecule is CC(N)Cc1ccc(Cc2ccccn2)cc1. The van der Waals surface area contributed by atoms with Gasteiger partial charge in [0.25, 0.3) is 0 Å². The van der Waals surface area contributed by atoms with Gasteiger partial charge in [-0.05, 0) is 36.6 Å². The van der Waals surface area contributed by atoms with Crippen molar-refractivity contribution in [2.45, 2.75) is 25.8 Å². The van der Waals surface area contributed by atoms with Crippen molar-refractivity contribution in [2.75, 3.05) is 0 Å². The van der Waals surface area contributed by atoms with Crippen LogP contribution in [0.2, 0.25) is 0 Å². The minimum Gasteiger partial charge on any atom is -0.328 e. The van der Waals surface area contributed by atoms with Crippen LogP contribution in [-0.2, 0) is 12.8 Å². The minimum atomic E-state index is 0.219. The third kappa shape index (κ3) is 3.68. The van der Waals surface area contributed by atoms with Crippen molar-refractivity contribution in [3.63, 3.8) is 0 Å². The first-order valence-corrected chi connectivity index (χ1v) is 5.97. The predicted molar refractivity (Wildman–Crippen MR) is 70.8 cm³/mol. The lowest BCUT2D eigenvalue weighted by atomic mass is 10.0. The molecular weight excluding hydrogens is 208 g/mol. The summed E-state index contributed by atoms with van der Waals surface area (Å²) in [6.07, 6.45) is 3.66. The summed E-state index contributed by atoms with van der Waals surface area (Å²) in [6.45, 7) is 2.03. The molecule has 2 nitrogen and oxygen atoms in total. The van der Waals surface area contributed by atoms with Crippen molar-refractivity contribution < 1.29 is 0 Å². The monoisotopic (exact) mass is 226 g/mol. The lowest BCUT2D eigenvalue weighted by molar-refractivity contribution is 0.738. The normalized spacial score (nSPS) is 12.4. The Balaban J connectivity index is 2.03. The van der Waals surface area contributed by atoms with Crippen LogP contribution in [-0.4, -0.2) is 11.0 Å². The fraction of sp³-hybridized carbons (Fsp3) is 0.267. The molecule has 0 saturated heterocycles. The zero-order valence-electron chi connectivity index (χ0n) is 10.1. The molecule has 0 aliphatic rings. The zero-order chi connectivity index (χ0) is 12.1. The van der Waals surface area contributed by atoms with Crippen LogP contribution in [0.4, 0.5) is 0 Å². The van der Waals surface area contributed by atoms with Gasteiger partial charge in [0, 0.05) is 24.4 Å². The molecule has 0 amide bonds. The van der Waals surface area contributed by atoms with Crippen molar-refractivity contribution in [2.24, 2.45) is 5.73 Å². The van der Waals surface area contributed by atoms with Crippen molar-refractivity contribution in [1.82, 2.24) is 4.98 Å². The molecular formula is C15H18N2. The summed E-state index contributed by atoms with van der Waals surface area (Å²) in [5, 5.41) is 0. The first-order chi connectivity index (χ1) is 8.24. The molecule has 88 valence electrons. The van der Waals surface area contributed by atoms with Gasteiger partial charge in [-0.2, -0.15) is 0 Å². The molecule has 1 aromatic carbocycles. The van der Waals surface area contributed by atoms with E-state index < -0.39 is 0 Å². The molecule has 0 fully saturated rings. The van der Waals surface area contributed by atoms with Gasteiger partial charge in [0.1, 0.15) is 0 Å². The van der Waals surface area contributed by atoms with Crippen LogP contribution < -0.4 is 5.73 Å². The first kappa shape index (κ1) is 11.8. The maximum atomic E-state index is 5.78. The molecule has 0 radical (unpaired) electrons. The summed E-state index contributed by atoms with van der Waals surface area (Å²) < 4.78 is 0. The van der Waals surface area contributed by atoms with E-state index >= 15 is 0 Å². The Morgan fingerprint density at radius 3 is 2.35 bits per heavy atom. The van der Waals surface area contributed by atoms with Crippen LogP contribution in [0.3, 0.4) is 0 Å². The molecule has 2 heteroatoms. The Bertz CT molecular complexity index is 446. The highest BCUT2D eigenvalue weighted by Crippen LogP contribution is 2.10. The second kappa shape index (κ2) is 5.60. The standard InChI is InChI=1S/C15H18N2/c1-12(16)10-13-5-7-14(8-6-13)11-15-4-2-3-9-17-15/h2-9,12H,10-11,16H2,1H3. The Labute approximate surface area is 103 Å². The van der Waals surface area contributed by atoms with E-state index in [1.54, 1.807) is 0 Å². The smallest absolute Gasteiger partial charge is 0.0447 e. The van der Waals surface area contributed by atoms with Crippen LogP contribution in [0.5, 0.6) is 0 Å². The number of hydrogen-bond donors (Lipinski definition) is 1. The third-order valence-electron chi connectivity index (χ3n) is 2.69. The average molecular weight is 226 g/mol. The highest BCUT2D eigenvalue weighted by molar-refractivity contribution is 5.26. The van der Waals surface area contributed by atoms with Gasteiger partial charge in [0.05, 0.1) is 0 Å². The van der Waals surface area contributed by atoms with E-state index in [0.29, 0.717) is 0 Å². The first-order valence-electron chi connectivity index (χ1n) is 5.97. The molecule has 17 heavy (non-hydrogen) atoms. The molecule has 0 aliphatic carbocycles. The number of nitrogens with two attached hydrogens (primary N) is 1. The molecule has 2 aromatic rings. The Morgan fingerprint density at radius 1 is 1.06 bits per heavy atom. The van der Waals surface area contributed by atoms with E-state index in [1.807, 2.05) is 25.3 Å². The molecule has 1 unspecified atom stereocenters. The van der Waals surface area contributed by atoms with Crippen LogP contribution in [0, 0.1) is 0 Å². The zero-order valence-corrected chi connectivity index (χ0v) is 10.1. The fourth-order valence-corrected chi connectivity index (χ4v) is 1.88. The molecule has 0 aliphatic heterocycles. The van der Waals surface area contributed by atoms with Crippen LogP contribution in [0.1, 0.15) is 23.7 Å². The molecule has 0 spiro atoms. The minimum absolute atomic E-state index is 0.219. The second-order valence-corrected chi connectivity index (χ2v) is 4.50. The number of pyridine rings is 1. The maximum Gasteiger partial charge on any atom is 0.0447 e. The third-order valence-corrected chi connectivity index (χ3v) is 2.69. The van der Waals surface area contributed by atoms with Crippen LogP contribution in [0.25, 0.3) is 0 Å². The molecule has 2 rings (SSSR count). The van der Waals surface area contributed by atoms with Crippen molar-refractivity contribution in [3.8, 4) is 0 Å². The van der Waals surface area contributed by atoms with E-state index in [1.165, 1.54) is 11.1 Å². The summed E-state index contributed by atoms with van der Waals surface area (Å²) in [4.78, 5) is 4.32. The van der Waals surface area contributed by atoms with Crippen molar-refractivity contribution in [3.05, 3.63) is 65.5 Å². The molecule has 0 saturated carbocycles. The summed E-state index contributed by atoms with van der Waals surface area (Å²) in [6, 6.07) is 14.9. The average Bonchev–Trinajstić information content (AvgIpc) is 2.32. The van der Waals surface area contributed by atoms with Gasteiger partial charge in [0.15, 0.2) is 0 Å². The summed E-state index contributed by atoms with van der Waals surface area (Å²) in [5.74, 6) is 0. The van der Waals surface area contributed by atoms with Gasteiger partial charge >= 0.3 is 0 Å². The topological polar surface area (TPSA) is 38.9 Å². The van der Waals surface area contributed by atoms with Crippen molar-refractivity contribution in [1.29, 1.82) is 0 Å². The predicted octanol–water partition coefficient (Wildman–Crippen LogP) is 2.56. The quantitative estimate of drug-likeness (QED) is 0.870. The van der Waals surface area contributed by atoms with Gasteiger partial charge in [0.2, 0.25) is 0 Å². The summed E-state index contributed by atoms with van der Waals surface area (Å²) in [5.41, 5.74) is 9.47. The highest BCUT2D eigenvalue weighted by atomic mass is 14.7. The van der Waals surface area contributed by atoms with E-state index in [0.717, 1.165) is 18.5 Å². The summed E-state index contributed by atoms with van der Waals surface area (Å²) >= 11 is 0. The Kier molecular flexibility index (Phi) is 3.89. The molecule has 1 heterocycles. The lowest BCUT2D eigenvalue weighted by Gasteiger charge is -2.06. The van der Waals surface area contributed by atoms with Gasteiger partial charge in [-0.15, -0.1) is 0 Å². The molecule has 2 N–H and O–H groups in total. The number of rotatable bonds is 4. The number of nitrogens with zero attached hydrogens (tertiary/aromatic N) is 1. The number of hydrogen-bond acceptors (Lipinski definition) is 2. The van der Waals surface area contributed by atoms with E-state index in [2.05, 4.69) is 35.3 Å². The maximum absolute atomic E-state index is 5.78. The Morgan fingerprint density at radius 2 is 1.76 bits per heavy atom. The van der Waals surface area contributed by atoms with Gasteiger partial charge in [-0.1, -0.05) is 30.3 Å². The number of benzene rings is 1. The Hall–Kier alpha value is -1.67. The van der Waals surface area contributed by atoms with Gasteiger partial charge < -0.3 is 5.73 Å². The van der Waals surface area contributed by atoms with E-state index in [-0.39, 0.29) is 6.04 Å². The fourth-order valence-electron chi connectivity index (χ4n) is 1.88. The number of aromatic nitrogens is 1. The highest BCUT2D eigenvalue weighted by Gasteiger charge is 2.00. The van der Waals surface area contributed by atoms with Crippen LogP contribution >= 0.6 is 0 Å². The van der Waals surface area contributed by atoms with E-state index in [4.69, 9.17) is 5.73 Å². The van der Waals surface area contributed by atoms with Crippen molar-refractivity contribution >= 4 is 0 Å².